The van der Waals surface area contributed by atoms with Gasteiger partial charge < -0.3 is 19.4 Å². The summed E-state index contributed by atoms with van der Waals surface area (Å²) in [5, 5.41) is 1.40. The fourth-order valence-corrected chi connectivity index (χ4v) is 3.59. The van der Waals surface area contributed by atoms with Crippen LogP contribution in [0.2, 0.25) is 0 Å². The van der Waals surface area contributed by atoms with Gasteiger partial charge >= 0.3 is 0 Å². The highest BCUT2D eigenvalue weighted by Crippen LogP contribution is 2.30. The van der Waals surface area contributed by atoms with E-state index < -0.39 is 0 Å². The second kappa shape index (κ2) is 7.35. The van der Waals surface area contributed by atoms with Crippen molar-refractivity contribution in [2.75, 3.05) is 14.2 Å². The first kappa shape index (κ1) is 18.1. The molecule has 8 nitrogen and oxygen atoms in total. The lowest BCUT2D eigenvalue weighted by Crippen LogP contribution is -2.12. The van der Waals surface area contributed by atoms with Gasteiger partial charge in [-0.2, -0.15) is 0 Å². The van der Waals surface area contributed by atoms with E-state index >= 15 is 0 Å². The van der Waals surface area contributed by atoms with Crippen molar-refractivity contribution in [1.82, 2.24) is 19.9 Å². The van der Waals surface area contributed by atoms with Crippen LogP contribution in [0.3, 0.4) is 0 Å². The standard InChI is InChI=1S/C19H16N4O4S/c1-26-14-7-11-13(8-15(14)27-2)20-16(22-18(11)25)9-28-19-21-12-6-4-3-5-10(12)17(24)23-19/h3-8H,9H2,1-2H3,(H,20,22,25)(H,21,23,24). The third-order valence-electron chi connectivity index (χ3n) is 4.20. The fourth-order valence-electron chi connectivity index (χ4n) is 2.85. The van der Waals surface area contributed by atoms with Crippen molar-refractivity contribution in [3.8, 4) is 11.5 Å². The number of methoxy groups -OCH3 is 2. The molecule has 0 saturated carbocycles. The van der Waals surface area contributed by atoms with Crippen LogP contribution < -0.4 is 20.6 Å². The predicted octanol–water partition coefficient (Wildman–Crippen LogP) is 2.47. The summed E-state index contributed by atoms with van der Waals surface area (Å²) in [5.74, 6) is 1.75. The Morgan fingerprint density at radius 3 is 2.39 bits per heavy atom. The molecular formula is C19H16N4O4S. The molecule has 0 spiro atoms. The Hall–Kier alpha value is -3.33. The molecule has 4 aromatic rings. The van der Waals surface area contributed by atoms with Gasteiger partial charge in [-0.25, -0.2) is 9.97 Å². The van der Waals surface area contributed by atoms with Crippen LogP contribution >= 0.6 is 11.8 Å². The van der Waals surface area contributed by atoms with Crippen molar-refractivity contribution in [2.24, 2.45) is 0 Å². The summed E-state index contributed by atoms with van der Waals surface area (Å²) in [7, 11) is 3.03. The maximum absolute atomic E-state index is 12.4. The monoisotopic (exact) mass is 396 g/mol. The third kappa shape index (κ3) is 3.31. The van der Waals surface area contributed by atoms with E-state index in [-0.39, 0.29) is 11.1 Å². The normalized spacial score (nSPS) is 11.1. The lowest BCUT2D eigenvalue weighted by molar-refractivity contribution is 0.355. The number of thioether (sulfide) groups is 1. The summed E-state index contributed by atoms with van der Waals surface area (Å²) in [6.45, 7) is 0. The minimum Gasteiger partial charge on any atom is -0.493 e. The summed E-state index contributed by atoms with van der Waals surface area (Å²) in [4.78, 5) is 39.0. The smallest absolute Gasteiger partial charge is 0.259 e. The molecule has 2 N–H and O–H groups in total. The molecule has 2 heterocycles. The minimum absolute atomic E-state index is 0.204. The maximum atomic E-state index is 12.4. The molecule has 0 aliphatic heterocycles. The highest BCUT2D eigenvalue weighted by atomic mass is 32.2. The van der Waals surface area contributed by atoms with Crippen molar-refractivity contribution < 1.29 is 9.47 Å². The molecule has 2 aromatic heterocycles. The average molecular weight is 396 g/mol. The van der Waals surface area contributed by atoms with Gasteiger partial charge in [-0.3, -0.25) is 9.59 Å². The molecule has 0 aliphatic rings. The van der Waals surface area contributed by atoms with Crippen molar-refractivity contribution in [2.45, 2.75) is 10.9 Å². The van der Waals surface area contributed by atoms with Crippen molar-refractivity contribution in [3.05, 3.63) is 62.9 Å². The van der Waals surface area contributed by atoms with Crippen LogP contribution in [0.1, 0.15) is 5.82 Å². The van der Waals surface area contributed by atoms with Gasteiger partial charge in [0.2, 0.25) is 0 Å². The lowest BCUT2D eigenvalue weighted by Gasteiger charge is -2.09. The maximum Gasteiger partial charge on any atom is 0.259 e. The van der Waals surface area contributed by atoms with Gasteiger partial charge in [0.15, 0.2) is 16.7 Å². The quantitative estimate of drug-likeness (QED) is 0.394. The summed E-state index contributed by atoms with van der Waals surface area (Å²) in [6.07, 6.45) is 0. The van der Waals surface area contributed by atoms with E-state index in [2.05, 4.69) is 19.9 Å². The van der Waals surface area contributed by atoms with E-state index in [1.165, 1.54) is 26.0 Å². The Kier molecular flexibility index (Phi) is 4.74. The summed E-state index contributed by atoms with van der Waals surface area (Å²) >= 11 is 1.28. The zero-order valence-corrected chi connectivity index (χ0v) is 15.9. The number of nitrogens with one attached hydrogen (secondary N) is 2. The molecule has 0 fully saturated rings. The number of ether oxygens (including phenoxy) is 2. The second-order valence-corrected chi connectivity index (χ2v) is 6.88. The van der Waals surface area contributed by atoms with Crippen LogP contribution in [-0.2, 0) is 5.75 Å². The van der Waals surface area contributed by atoms with Gasteiger partial charge in [0.25, 0.3) is 11.1 Å². The van der Waals surface area contributed by atoms with Crippen LogP contribution in [0, 0.1) is 0 Å². The molecule has 4 rings (SSSR count). The van der Waals surface area contributed by atoms with Gasteiger partial charge in [0, 0.05) is 6.07 Å². The first-order valence-corrected chi connectivity index (χ1v) is 9.34. The van der Waals surface area contributed by atoms with Crippen LogP contribution in [0.25, 0.3) is 21.8 Å². The number of fused-ring (bicyclic) bond motifs is 2. The number of hydrogen-bond acceptors (Lipinski definition) is 7. The van der Waals surface area contributed by atoms with E-state index in [4.69, 9.17) is 9.47 Å². The average Bonchev–Trinajstić information content (AvgIpc) is 2.71. The third-order valence-corrected chi connectivity index (χ3v) is 5.08. The molecule has 0 unspecified atom stereocenters. The first-order valence-electron chi connectivity index (χ1n) is 8.36. The number of aromatic nitrogens is 4. The fraction of sp³-hybridized carbons (Fsp3) is 0.158. The molecule has 0 saturated heterocycles. The summed E-state index contributed by atoms with van der Waals surface area (Å²) < 4.78 is 10.5. The van der Waals surface area contributed by atoms with Crippen molar-refractivity contribution >= 4 is 33.6 Å². The number of benzene rings is 2. The number of para-hydroxylation sites is 1. The Bertz CT molecular complexity index is 1300. The van der Waals surface area contributed by atoms with E-state index in [1.807, 2.05) is 6.07 Å². The molecule has 0 amide bonds. The van der Waals surface area contributed by atoms with Gasteiger partial charge in [-0.05, 0) is 18.2 Å². The summed E-state index contributed by atoms with van der Waals surface area (Å²) in [6, 6.07) is 10.4. The predicted molar refractivity (Wildman–Crippen MR) is 107 cm³/mol. The largest absolute Gasteiger partial charge is 0.493 e. The number of nitrogens with zero attached hydrogens (tertiary/aromatic N) is 2. The zero-order valence-electron chi connectivity index (χ0n) is 15.1. The number of aromatic amines is 2. The summed E-state index contributed by atoms with van der Waals surface area (Å²) in [5.41, 5.74) is 0.633. The van der Waals surface area contributed by atoms with Gasteiger partial charge in [0.1, 0.15) is 5.82 Å². The molecule has 2 aromatic carbocycles. The highest BCUT2D eigenvalue weighted by Gasteiger charge is 2.12. The first-order chi connectivity index (χ1) is 13.6. The molecular weight excluding hydrogens is 380 g/mol. The number of H-pyrrole nitrogens is 2. The van der Waals surface area contributed by atoms with Gasteiger partial charge in [-0.15, -0.1) is 0 Å². The molecule has 28 heavy (non-hydrogen) atoms. The van der Waals surface area contributed by atoms with E-state index in [0.29, 0.717) is 50.0 Å². The lowest BCUT2D eigenvalue weighted by atomic mass is 10.2. The minimum atomic E-state index is -0.276. The Labute approximate surface area is 162 Å². The van der Waals surface area contributed by atoms with Gasteiger partial charge in [-0.1, -0.05) is 23.9 Å². The molecule has 0 radical (unpaired) electrons. The van der Waals surface area contributed by atoms with Crippen LogP contribution in [0.15, 0.2) is 51.1 Å². The van der Waals surface area contributed by atoms with Crippen LogP contribution in [-0.4, -0.2) is 34.2 Å². The highest BCUT2D eigenvalue weighted by molar-refractivity contribution is 7.98. The van der Waals surface area contributed by atoms with Gasteiger partial charge in [0.05, 0.1) is 41.8 Å². The number of rotatable bonds is 5. The zero-order chi connectivity index (χ0) is 19.7. The van der Waals surface area contributed by atoms with Crippen LogP contribution in [0.5, 0.6) is 11.5 Å². The number of hydrogen-bond donors (Lipinski definition) is 2. The van der Waals surface area contributed by atoms with E-state index in [9.17, 15) is 9.59 Å². The second-order valence-electron chi connectivity index (χ2n) is 5.91. The topological polar surface area (TPSA) is 110 Å². The Morgan fingerprint density at radius 1 is 0.893 bits per heavy atom. The Morgan fingerprint density at radius 2 is 1.61 bits per heavy atom. The van der Waals surface area contributed by atoms with Crippen molar-refractivity contribution in [3.63, 3.8) is 0 Å². The van der Waals surface area contributed by atoms with Crippen molar-refractivity contribution in [1.29, 1.82) is 0 Å². The molecule has 0 aliphatic carbocycles. The Balaban J connectivity index is 1.67. The van der Waals surface area contributed by atoms with E-state index in [0.717, 1.165) is 0 Å². The van der Waals surface area contributed by atoms with Crippen LogP contribution in [0.4, 0.5) is 0 Å². The molecule has 142 valence electrons. The SMILES string of the molecule is COc1cc2nc(CSc3nc4ccccc4c(=O)[nH]3)[nH]c(=O)c2cc1OC. The van der Waals surface area contributed by atoms with E-state index in [1.54, 1.807) is 30.3 Å². The molecule has 9 heteroatoms. The molecule has 0 atom stereocenters. The molecule has 0 bridgehead atoms.